The van der Waals surface area contributed by atoms with Gasteiger partial charge in [-0.05, 0) is 0 Å². The fraction of sp³-hybridized carbons (Fsp3) is 0.500. The molecule has 2 N–H and O–H groups in total. The number of hydrogen-bond acceptors (Lipinski definition) is 7. The quantitative estimate of drug-likeness (QED) is 0.395. The molecule has 0 amide bonds. The number of rotatable bonds is 8. The number of pyridine rings is 1. The smallest absolute Gasteiger partial charge is 0.311 e. The molecule has 0 saturated carbocycles. The van der Waals surface area contributed by atoms with E-state index in [1.807, 2.05) is 0 Å². The molecule has 1 rings (SSSR count). The van der Waals surface area contributed by atoms with Crippen LogP contribution in [0, 0.1) is 10.1 Å². The van der Waals surface area contributed by atoms with Gasteiger partial charge in [-0.2, -0.15) is 4.98 Å². The molecule has 0 aliphatic rings. The van der Waals surface area contributed by atoms with Crippen molar-refractivity contribution in [1.82, 2.24) is 4.98 Å². The van der Waals surface area contributed by atoms with Crippen molar-refractivity contribution >= 4 is 11.5 Å². The minimum atomic E-state index is -0.524. The summed E-state index contributed by atoms with van der Waals surface area (Å²) in [6.07, 6.45) is 0. The maximum absolute atomic E-state index is 10.8. The first-order valence-electron chi connectivity index (χ1n) is 5.31. The molecule has 8 heteroatoms. The third kappa shape index (κ3) is 4.15. The van der Waals surface area contributed by atoms with Crippen LogP contribution in [0.3, 0.4) is 0 Å². The summed E-state index contributed by atoms with van der Waals surface area (Å²) in [5, 5.41) is 22.1. The molecule has 0 spiro atoms. The molecule has 0 atom stereocenters. The van der Waals surface area contributed by atoms with E-state index in [1.165, 1.54) is 19.2 Å². The molecule has 8 nitrogen and oxygen atoms in total. The van der Waals surface area contributed by atoms with Crippen molar-refractivity contribution in [3.05, 3.63) is 22.2 Å². The Balaban J connectivity index is 2.63. The van der Waals surface area contributed by atoms with Gasteiger partial charge in [0.05, 0.1) is 31.9 Å². The Labute approximate surface area is 104 Å². The first-order valence-corrected chi connectivity index (χ1v) is 5.31. The Hall–Kier alpha value is -1.93. The molecule has 0 unspecified atom stereocenters. The summed E-state index contributed by atoms with van der Waals surface area (Å²) in [5.74, 6) is 0.423. The van der Waals surface area contributed by atoms with Crippen molar-refractivity contribution in [2.45, 2.75) is 0 Å². The largest absolute Gasteiger partial charge is 0.481 e. The normalized spacial score (nSPS) is 10.1. The number of aliphatic hydroxyl groups is 1. The van der Waals surface area contributed by atoms with E-state index in [-0.39, 0.29) is 24.7 Å². The molecule has 0 aliphatic heterocycles. The van der Waals surface area contributed by atoms with Gasteiger partial charge in [0.25, 0.3) is 0 Å². The van der Waals surface area contributed by atoms with E-state index in [0.717, 1.165) is 0 Å². The fourth-order valence-electron chi connectivity index (χ4n) is 1.23. The van der Waals surface area contributed by atoms with E-state index in [9.17, 15) is 10.1 Å². The van der Waals surface area contributed by atoms with E-state index in [4.69, 9.17) is 14.6 Å². The second kappa shape index (κ2) is 7.41. The Morgan fingerprint density at radius 1 is 1.50 bits per heavy atom. The fourth-order valence-corrected chi connectivity index (χ4v) is 1.23. The summed E-state index contributed by atoms with van der Waals surface area (Å²) in [5.41, 5.74) is -0.127. The van der Waals surface area contributed by atoms with Gasteiger partial charge in [0, 0.05) is 18.7 Å². The highest BCUT2D eigenvalue weighted by atomic mass is 16.6. The van der Waals surface area contributed by atoms with Gasteiger partial charge in [0.2, 0.25) is 11.7 Å². The van der Waals surface area contributed by atoms with Gasteiger partial charge >= 0.3 is 5.69 Å². The molecule has 1 aromatic rings. The van der Waals surface area contributed by atoms with Crippen molar-refractivity contribution < 1.29 is 19.5 Å². The molecule has 1 heterocycles. The van der Waals surface area contributed by atoms with E-state index >= 15 is 0 Å². The SMILES string of the molecule is COc1ccc([N+](=O)[O-])c(NCCOCCO)n1. The molecular weight excluding hydrogens is 242 g/mol. The molecule has 0 fully saturated rings. The van der Waals surface area contributed by atoms with Crippen molar-refractivity contribution in [2.75, 3.05) is 38.8 Å². The zero-order valence-corrected chi connectivity index (χ0v) is 9.96. The topological polar surface area (TPSA) is 107 Å². The number of hydrogen-bond donors (Lipinski definition) is 2. The minimum Gasteiger partial charge on any atom is -0.481 e. The Kier molecular flexibility index (Phi) is 5.81. The highest BCUT2D eigenvalue weighted by molar-refractivity contribution is 5.56. The van der Waals surface area contributed by atoms with Crippen molar-refractivity contribution in [3.63, 3.8) is 0 Å². The van der Waals surface area contributed by atoms with Crippen LogP contribution in [0.25, 0.3) is 0 Å². The predicted octanol–water partition coefficient (Wildman–Crippen LogP) is 0.419. The molecule has 18 heavy (non-hydrogen) atoms. The lowest BCUT2D eigenvalue weighted by Gasteiger charge is -2.07. The van der Waals surface area contributed by atoms with Gasteiger partial charge in [0.1, 0.15) is 0 Å². The van der Waals surface area contributed by atoms with Crippen LogP contribution in [0.4, 0.5) is 11.5 Å². The minimum absolute atomic E-state index is 0.0580. The van der Waals surface area contributed by atoms with E-state index in [2.05, 4.69) is 10.3 Å². The van der Waals surface area contributed by atoms with Gasteiger partial charge in [-0.25, -0.2) is 0 Å². The lowest BCUT2D eigenvalue weighted by molar-refractivity contribution is -0.384. The van der Waals surface area contributed by atoms with Gasteiger partial charge in [0.15, 0.2) is 0 Å². The second-order valence-electron chi connectivity index (χ2n) is 3.24. The number of methoxy groups -OCH3 is 1. The number of nitrogens with one attached hydrogen (secondary N) is 1. The Bertz CT molecular complexity index is 399. The van der Waals surface area contributed by atoms with Crippen LogP contribution in [-0.2, 0) is 4.74 Å². The average molecular weight is 257 g/mol. The van der Waals surface area contributed by atoms with Crippen LogP contribution < -0.4 is 10.1 Å². The standard InChI is InChI=1S/C10H15N3O5/c1-17-9-3-2-8(13(15)16)10(12-9)11-4-6-18-7-5-14/h2-3,14H,4-7H2,1H3,(H,11,12). The monoisotopic (exact) mass is 257 g/mol. The summed E-state index contributed by atoms with van der Waals surface area (Å²) in [7, 11) is 1.43. The number of aromatic nitrogens is 1. The number of aliphatic hydroxyl groups excluding tert-OH is 1. The molecule has 1 aromatic heterocycles. The number of anilines is 1. The zero-order chi connectivity index (χ0) is 13.4. The molecular formula is C10H15N3O5. The summed E-state index contributed by atoms with van der Waals surface area (Å²) >= 11 is 0. The number of nitro groups is 1. The molecule has 0 radical (unpaired) electrons. The maximum Gasteiger partial charge on any atom is 0.311 e. The van der Waals surface area contributed by atoms with Crippen LogP contribution >= 0.6 is 0 Å². The number of nitrogens with zero attached hydrogens (tertiary/aromatic N) is 2. The lowest BCUT2D eigenvalue weighted by atomic mass is 10.4. The summed E-state index contributed by atoms with van der Waals surface area (Å²) in [6, 6.07) is 2.74. The van der Waals surface area contributed by atoms with Crippen molar-refractivity contribution in [3.8, 4) is 5.88 Å². The molecule has 100 valence electrons. The summed E-state index contributed by atoms with van der Waals surface area (Å²) < 4.78 is 9.92. The van der Waals surface area contributed by atoms with E-state index < -0.39 is 4.92 Å². The van der Waals surface area contributed by atoms with Gasteiger partial charge in [-0.1, -0.05) is 0 Å². The van der Waals surface area contributed by atoms with Crippen LogP contribution in [0.15, 0.2) is 12.1 Å². The molecule has 0 aromatic carbocycles. The van der Waals surface area contributed by atoms with Crippen molar-refractivity contribution in [2.24, 2.45) is 0 Å². The summed E-state index contributed by atoms with van der Waals surface area (Å²) in [6.45, 7) is 0.838. The molecule has 0 aliphatic carbocycles. The van der Waals surface area contributed by atoms with Crippen LogP contribution in [0.2, 0.25) is 0 Å². The Morgan fingerprint density at radius 2 is 2.28 bits per heavy atom. The highest BCUT2D eigenvalue weighted by Gasteiger charge is 2.15. The first-order chi connectivity index (χ1) is 8.69. The zero-order valence-electron chi connectivity index (χ0n) is 9.96. The first kappa shape index (κ1) is 14.1. The van der Waals surface area contributed by atoms with Crippen LogP contribution in [-0.4, -0.2) is 48.5 Å². The maximum atomic E-state index is 10.8. The second-order valence-corrected chi connectivity index (χ2v) is 3.24. The average Bonchev–Trinajstić information content (AvgIpc) is 2.38. The van der Waals surface area contributed by atoms with Gasteiger partial charge in [-0.15, -0.1) is 0 Å². The predicted molar refractivity (Wildman–Crippen MR) is 63.8 cm³/mol. The Morgan fingerprint density at radius 3 is 2.89 bits per heavy atom. The van der Waals surface area contributed by atoms with E-state index in [0.29, 0.717) is 19.0 Å². The van der Waals surface area contributed by atoms with Gasteiger partial charge < -0.3 is 19.9 Å². The third-order valence-corrected chi connectivity index (χ3v) is 2.03. The highest BCUT2D eigenvalue weighted by Crippen LogP contribution is 2.24. The third-order valence-electron chi connectivity index (χ3n) is 2.03. The number of ether oxygens (including phenoxy) is 2. The van der Waals surface area contributed by atoms with Crippen LogP contribution in [0.5, 0.6) is 5.88 Å². The van der Waals surface area contributed by atoms with Crippen molar-refractivity contribution in [1.29, 1.82) is 0 Å². The molecule has 0 saturated heterocycles. The summed E-state index contributed by atoms with van der Waals surface area (Å²) in [4.78, 5) is 14.2. The molecule has 0 bridgehead atoms. The lowest BCUT2D eigenvalue weighted by Crippen LogP contribution is -2.13. The van der Waals surface area contributed by atoms with E-state index in [1.54, 1.807) is 0 Å². The van der Waals surface area contributed by atoms with Crippen LogP contribution in [0.1, 0.15) is 0 Å². The van der Waals surface area contributed by atoms with Gasteiger partial charge in [-0.3, -0.25) is 10.1 Å².